The molecule has 1 aromatic carbocycles. The molecule has 0 aliphatic carbocycles. The van der Waals surface area contributed by atoms with Gasteiger partial charge in [0.25, 0.3) is 0 Å². The number of halogens is 4. The summed E-state index contributed by atoms with van der Waals surface area (Å²) in [6.45, 7) is 4.42. The Kier molecular flexibility index (Phi) is 7.06. The maximum absolute atomic E-state index is 13.3. The van der Waals surface area contributed by atoms with Crippen LogP contribution in [-0.2, 0) is 11.0 Å². The number of hydrogen-bond acceptors (Lipinski definition) is 5. The molecule has 0 saturated heterocycles. The fourth-order valence-corrected chi connectivity index (χ4v) is 3.20. The lowest BCUT2D eigenvalue weighted by Gasteiger charge is -2.19. The van der Waals surface area contributed by atoms with Crippen molar-refractivity contribution in [3.63, 3.8) is 0 Å². The van der Waals surface area contributed by atoms with E-state index in [2.05, 4.69) is 15.4 Å². The fourth-order valence-electron chi connectivity index (χ4n) is 3.20. The van der Waals surface area contributed by atoms with Crippen molar-refractivity contribution in [1.29, 1.82) is 0 Å². The standard InChI is InChI=1S/C21H23F4N5O3/c1-12(2)33-20-16(10-26-30(20)15-6-4-14(22)5-7-15)28-19(32)17(8-9-31)29-11-18(21(23,24)25)27-13(29)3/h4-7,10-12,17,31H,8-9H2,1-3H3,(H,28,32). The molecule has 8 nitrogen and oxygen atoms in total. The molecular formula is C21H23F4N5O3. The Morgan fingerprint density at radius 1 is 1.24 bits per heavy atom. The third-order valence-electron chi connectivity index (χ3n) is 4.65. The van der Waals surface area contributed by atoms with Crippen molar-refractivity contribution in [3.05, 3.63) is 54.0 Å². The van der Waals surface area contributed by atoms with E-state index in [1.165, 1.54) is 42.1 Å². The van der Waals surface area contributed by atoms with E-state index in [-0.39, 0.29) is 29.9 Å². The van der Waals surface area contributed by atoms with Gasteiger partial charge in [0.1, 0.15) is 23.4 Å². The number of ether oxygens (including phenoxy) is 1. The van der Waals surface area contributed by atoms with Gasteiger partial charge in [0, 0.05) is 19.2 Å². The molecule has 3 aromatic rings. The smallest absolute Gasteiger partial charge is 0.434 e. The van der Waals surface area contributed by atoms with Crippen molar-refractivity contribution in [2.24, 2.45) is 0 Å². The summed E-state index contributed by atoms with van der Waals surface area (Å²) in [6, 6.07) is 4.27. The number of carbonyl (C=O) groups is 1. The van der Waals surface area contributed by atoms with Crippen LogP contribution in [0, 0.1) is 12.7 Å². The van der Waals surface area contributed by atoms with Gasteiger partial charge in [-0.05, 0) is 45.0 Å². The van der Waals surface area contributed by atoms with Gasteiger partial charge < -0.3 is 19.7 Å². The Labute approximate surface area is 186 Å². The molecule has 2 heterocycles. The van der Waals surface area contributed by atoms with Crippen molar-refractivity contribution in [1.82, 2.24) is 19.3 Å². The number of nitrogens with one attached hydrogen (secondary N) is 1. The molecule has 0 bridgehead atoms. The summed E-state index contributed by atoms with van der Waals surface area (Å²) in [5.41, 5.74) is -0.502. The van der Waals surface area contributed by atoms with E-state index in [1.807, 2.05) is 0 Å². The monoisotopic (exact) mass is 469 g/mol. The van der Waals surface area contributed by atoms with Gasteiger partial charge in [0.05, 0.1) is 18.0 Å². The van der Waals surface area contributed by atoms with Gasteiger partial charge in [-0.25, -0.2) is 9.37 Å². The Balaban J connectivity index is 1.94. The van der Waals surface area contributed by atoms with Crippen LogP contribution in [0.3, 0.4) is 0 Å². The van der Waals surface area contributed by atoms with Gasteiger partial charge in [-0.15, -0.1) is 0 Å². The lowest BCUT2D eigenvalue weighted by Crippen LogP contribution is -2.27. The Hall–Kier alpha value is -3.41. The second-order valence-electron chi connectivity index (χ2n) is 7.51. The molecule has 0 radical (unpaired) electrons. The summed E-state index contributed by atoms with van der Waals surface area (Å²) in [5.74, 6) is -1.00. The van der Waals surface area contributed by atoms with Crippen molar-refractivity contribution >= 4 is 11.6 Å². The van der Waals surface area contributed by atoms with E-state index >= 15 is 0 Å². The van der Waals surface area contributed by atoms with E-state index in [1.54, 1.807) is 13.8 Å². The van der Waals surface area contributed by atoms with Crippen LogP contribution in [0.25, 0.3) is 5.69 Å². The number of nitrogens with zero attached hydrogens (tertiary/aromatic N) is 4. The highest BCUT2D eigenvalue weighted by atomic mass is 19.4. The van der Waals surface area contributed by atoms with Crippen molar-refractivity contribution < 1.29 is 32.2 Å². The molecule has 33 heavy (non-hydrogen) atoms. The SMILES string of the molecule is Cc1nc(C(F)(F)F)cn1C(CCO)C(=O)Nc1cnn(-c2ccc(F)cc2)c1OC(C)C. The van der Waals surface area contributed by atoms with Gasteiger partial charge in [-0.2, -0.15) is 23.0 Å². The molecule has 0 aliphatic heterocycles. The second-order valence-corrected chi connectivity index (χ2v) is 7.51. The number of benzene rings is 1. The molecule has 1 unspecified atom stereocenters. The van der Waals surface area contributed by atoms with E-state index in [0.29, 0.717) is 5.69 Å². The highest BCUT2D eigenvalue weighted by molar-refractivity contribution is 5.94. The summed E-state index contributed by atoms with van der Waals surface area (Å²) < 4.78 is 60.7. The van der Waals surface area contributed by atoms with E-state index < -0.39 is 36.2 Å². The first-order chi connectivity index (χ1) is 15.5. The molecule has 0 aliphatic rings. The lowest BCUT2D eigenvalue weighted by atomic mass is 10.2. The van der Waals surface area contributed by atoms with Gasteiger partial charge >= 0.3 is 6.18 Å². The average molecular weight is 469 g/mol. The first-order valence-electron chi connectivity index (χ1n) is 10.1. The minimum Gasteiger partial charge on any atom is -0.473 e. The van der Waals surface area contributed by atoms with Crippen LogP contribution in [0.1, 0.15) is 37.8 Å². The van der Waals surface area contributed by atoms with Crippen LogP contribution in [0.15, 0.2) is 36.7 Å². The maximum atomic E-state index is 13.3. The predicted molar refractivity (Wildman–Crippen MR) is 111 cm³/mol. The average Bonchev–Trinajstić information content (AvgIpc) is 3.30. The highest BCUT2D eigenvalue weighted by Crippen LogP contribution is 2.32. The molecule has 12 heteroatoms. The summed E-state index contributed by atoms with van der Waals surface area (Å²) >= 11 is 0. The maximum Gasteiger partial charge on any atom is 0.434 e. The van der Waals surface area contributed by atoms with Crippen LogP contribution in [-0.4, -0.2) is 43.1 Å². The minimum absolute atomic E-state index is 0.0309. The Morgan fingerprint density at radius 2 is 1.91 bits per heavy atom. The number of rotatable bonds is 8. The number of aryl methyl sites for hydroxylation is 1. The van der Waals surface area contributed by atoms with Crippen LogP contribution >= 0.6 is 0 Å². The first-order valence-corrected chi connectivity index (χ1v) is 10.1. The molecule has 178 valence electrons. The van der Waals surface area contributed by atoms with Gasteiger partial charge in [-0.3, -0.25) is 4.79 Å². The van der Waals surface area contributed by atoms with Crippen LogP contribution in [0.2, 0.25) is 0 Å². The molecule has 2 aromatic heterocycles. The number of aliphatic hydroxyl groups is 1. The summed E-state index contributed by atoms with van der Waals surface area (Å²) in [5, 5.41) is 16.2. The van der Waals surface area contributed by atoms with Gasteiger partial charge in [0.2, 0.25) is 11.8 Å². The predicted octanol–water partition coefficient (Wildman–Crippen LogP) is 3.88. The number of carbonyl (C=O) groups excluding carboxylic acids is 1. The number of imidazole rings is 1. The molecule has 2 N–H and O–H groups in total. The number of anilines is 1. The third-order valence-corrected chi connectivity index (χ3v) is 4.65. The molecule has 1 amide bonds. The zero-order valence-electron chi connectivity index (χ0n) is 18.1. The molecular weight excluding hydrogens is 446 g/mol. The van der Waals surface area contributed by atoms with E-state index in [4.69, 9.17) is 4.74 Å². The normalized spacial score (nSPS) is 12.8. The largest absolute Gasteiger partial charge is 0.473 e. The second kappa shape index (κ2) is 9.61. The summed E-state index contributed by atoms with van der Waals surface area (Å²) in [4.78, 5) is 16.5. The third kappa shape index (κ3) is 5.51. The quantitative estimate of drug-likeness (QED) is 0.489. The molecule has 0 fully saturated rings. The van der Waals surface area contributed by atoms with Gasteiger partial charge in [-0.1, -0.05) is 0 Å². The van der Waals surface area contributed by atoms with Crippen molar-refractivity contribution in [2.75, 3.05) is 11.9 Å². The minimum atomic E-state index is -4.68. The van der Waals surface area contributed by atoms with Crippen LogP contribution < -0.4 is 10.1 Å². The topological polar surface area (TPSA) is 94.2 Å². The Morgan fingerprint density at radius 3 is 2.45 bits per heavy atom. The number of hydrogen-bond donors (Lipinski definition) is 2. The summed E-state index contributed by atoms with van der Waals surface area (Å²) in [6.07, 6.45) is -3.08. The fraction of sp³-hybridized carbons (Fsp3) is 0.381. The van der Waals surface area contributed by atoms with E-state index in [0.717, 1.165) is 10.8 Å². The van der Waals surface area contributed by atoms with Crippen molar-refractivity contribution in [2.45, 2.75) is 45.5 Å². The molecule has 0 spiro atoms. The number of aliphatic hydroxyl groups excluding tert-OH is 1. The van der Waals surface area contributed by atoms with Gasteiger partial charge in [0.15, 0.2) is 5.69 Å². The zero-order valence-corrected chi connectivity index (χ0v) is 18.1. The Bertz CT molecular complexity index is 1110. The number of amides is 1. The molecule has 3 rings (SSSR count). The summed E-state index contributed by atoms with van der Waals surface area (Å²) in [7, 11) is 0. The van der Waals surface area contributed by atoms with Crippen molar-refractivity contribution in [3.8, 4) is 11.6 Å². The van der Waals surface area contributed by atoms with Crippen LogP contribution in [0.4, 0.5) is 23.2 Å². The van der Waals surface area contributed by atoms with E-state index in [9.17, 15) is 27.5 Å². The number of alkyl halides is 3. The molecule has 1 atom stereocenters. The van der Waals surface area contributed by atoms with Crippen LogP contribution in [0.5, 0.6) is 5.88 Å². The number of aromatic nitrogens is 4. The zero-order chi connectivity index (χ0) is 24.3. The highest BCUT2D eigenvalue weighted by Gasteiger charge is 2.36. The first kappa shape index (κ1) is 24.2. The molecule has 0 saturated carbocycles. The lowest BCUT2D eigenvalue weighted by molar-refractivity contribution is -0.141.